The zero-order chi connectivity index (χ0) is 20.4. The van der Waals surface area contributed by atoms with E-state index in [4.69, 9.17) is 10.00 Å². The molecule has 1 saturated heterocycles. The maximum Gasteiger partial charge on any atom is 0.410 e. The molecule has 2 aliphatic rings. The van der Waals surface area contributed by atoms with Crippen molar-refractivity contribution in [1.82, 2.24) is 25.1 Å². The molecule has 2 N–H and O–H groups in total. The quantitative estimate of drug-likeness (QED) is 0.813. The average molecular weight is 395 g/mol. The number of amides is 1. The van der Waals surface area contributed by atoms with Crippen LogP contribution in [0.3, 0.4) is 0 Å². The zero-order valence-electron chi connectivity index (χ0n) is 16.7. The first-order chi connectivity index (χ1) is 13.9. The molecule has 1 aliphatic heterocycles. The Bertz CT molecular complexity index is 916. The predicted molar refractivity (Wildman–Crippen MR) is 105 cm³/mol. The molecule has 0 aromatic carbocycles. The zero-order valence-corrected chi connectivity index (χ0v) is 16.7. The van der Waals surface area contributed by atoms with Gasteiger partial charge in [-0.05, 0) is 46.0 Å². The molecule has 9 heteroatoms. The average Bonchev–Trinajstić information content (AvgIpc) is 3.42. The molecular formula is C20H25N7O2. The Labute approximate surface area is 169 Å². The fourth-order valence-corrected chi connectivity index (χ4v) is 4.17. The number of hydrogen-bond acceptors (Lipinski definition) is 7. The summed E-state index contributed by atoms with van der Waals surface area (Å²) in [4.78, 5) is 22.5. The highest BCUT2D eigenvalue weighted by Crippen LogP contribution is 2.37. The van der Waals surface area contributed by atoms with Crippen molar-refractivity contribution in [2.24, 2.45) is 0 Å². The van der Waals surface area contributed by atoms with E-state index in [0.717, 1.165) is 44.3 Å². The largest absolute Gasteiger partial charge is 0.446 e. The maximum absolute atomic E-state index is 12.6. The number of carbonyl (C=O) groups is 1. The first-order valence-electron chi connectivity index (χ1n) is 9.97. The molecule has 0 bridgehead atoms. The van der Waals surface area contributed by atoms with E-state index in [0.29, 0.717) is 11.6 Å². The van der Waals surface area contributed by atoms with Gasteiger partial charge in [0.25, 0.3) is 0 Å². The van der Waals surface area contributed by atoms with E-state index in [2.05, 4.69) is 39.3 Å². The second-order valence-electron chi connectivity index (χ2n) is 8.32. The number of aromatic nitrogens is 4. The fourth-order valence-electron chi connectivity index (χ4n) is 4.17. The lowest BCUT2D eigenvalue weighted by molar-refractivity contribution is 0.0486. The van der Waals surface area contributed by atoms with Crippen molar-refractivity contribution < 1.29 is 9.53 Å². The number of hydrogen-bond donors (Lipinski definition) is 2. The van der Waals surface area contributed by atoms with Crippen LogP contribution in [-0.4, -0.2) is 49.3 Å². The van der Waals surface area contributed by atoms with Gasteiger partial charge in [-0.1, -0.05) is 0 Å². The first kappa shape index (κ1) is 19.2. The number of nitrogens with one attached hydrogen (secondary N) is 2. The third kappa shape index (κ3) is 4.16. The van der Waals surface area contributed by atoms with Crippen LogP contribution in [0.15, 0.2) is 18.5 Å². The molecule has 0 unspecified atom stereocenters. The second-order valence-corrected chi connectivity index (χ2v) is 8.32. The van der Waals surface area contributed by atoms with Gasteiger partial charge in [0.05, 0.1) is 12.4 Å². The van der Waals surface area contributed by atoms with Crippen molar-refractivity contribution in [3.05, 3.63) is 29.8 Å². The Balaban J connectivity index is 1.32. The molecule has 152 valence electrons. The summed E-state index contributed by atoms with van der Waals surface area (Å²) in [6.07, 6.45) is 7.29. The molecule has 1 aliphatic carbocycles. The third-order valence-electron chi connectivity index (χ3n) is 5.83. The summed E-state index contributed by atoms with van der Waals surface area (Å²) in [5.74, 6) is 1.43. The first-order valence-corrected chi connectivity index (χ1v) is 9.97. The normalized spacial score (nSPS) is 23.0. The van der Waals surface area contributed by atoms with E-state index >= 15 is 0 Å². The number of rotatable bonds is 4. The van der Waals surface area contributed by atoms with Crippen LogP contribution in [-0.2, 0) is 4.74 Å². The Kier molecular flexibility index (Phi) is 5.09. The van der Waals surface area contributed by atoms with E-state index in [-0.39, 0.29) is 29.3 Å². The molecular weight excluding hydrogens is 370 g/mol. The van der Waals surface area contributed by atoms with Crippen molar-refractivity contribution in [3.8, 4) is 6.07 Å². The fraction of sp³-hybridized carbons (Fsp3) is 0.550. The topological polar surface area (TPSA) is 120 Å². The summed E-state index contributed by atoms with van der Waals surface area (Å²) in [5, 5.41) is 19.2. The van der Waals surface area contributed by atoms with Crippen LogP contribution in [0.5, 0.6) is 0 Å². The molecule has 29 heavy (non-hydrogen) atoms. The van der Waals surface area contributed by atoms with Gasteiger partial charge in [-0.15, -0.1) is 0 Å². The van der Waals surface area contributed by atoms with Crippen molar-refractivity contribution in [3.63, 3.8) is 0 Å². The van der Waals surface area contributed by atoms with Crippen molar-refractivity contribution in [2.75, 3.05) is 11.9 Å². The van der Waals surface area contributed by atoms with Gasteiger partial charge >= 0.3 is 6.09 Å². The molecule has 2 aromatic heterocycles. The SMILES string of the molecule is CC1(C)CCCN1C(=O)O[C@@H]1CC[C@H](c2cc(Nc3cnc(C#N)cn3)n[nH]2)C1. The van der Waals surface area contributed by atoms with Crippen molar-refractivity contribution in [1.29, 1.82) is 5.26 Å². The van der Waals surface area contributed by atoms with Gasteiger partial charge in [0.15, 0.2) is 11.5 Å². The second kappa shape index (κ2) is 7.70. The van der Waals surface area contributed by atoms with Crippen LogP contribution in [0.4, 0.5) is 16.4 Å². The van der Waals surface area contributed by atoms with Crippen molar-refractivity contribution >= 4 is 17.7 Å². The summed E-state index contributed by atoms with van der Waals surface area (Å²) < 4.78 is 5.80. The highest BCUT2D eigenvalue weighted by Gasteiger charge is 2.38. The molecule has 2 aromatic rings. The van der Waals surface area contributed by atoms with Gasteiger partial charge in [-0.25, -0.2) is 14.8 Å². The molecule has 3 heterocycles. The third-order valence-corrected chi connectivity index (χ3v) is 5.83. The van der Waals surface area contributed by atoms with Crippen LogP contribution in [0, 0.1) is 11.3 Å². The van der Waals surface area contributed by atoms with Gasteiger partial charge < -0.3 is 15.0 Å². The van der Waals surface area contributed by atoms with Crippen LogP contribution in [0.2, 0.25) is 0 Å². The number of ether oxygens (including phenoxy) is 1. The van der Waals surface area contributed by atoms with E-state index in [1.165, 1.54) is 12.4 Å². The molecule has 1 amide bonds. The Morgan fingerprint density at radius 2 is 2.21 bits per heavy atom. The van der Waals surface area contributed by atoms with Crippen LogP contribution >= 0.6 is 0 Å². The lowest BCUT2D eigenvalue weighted by Gasteiger charge is -2.31. The highest BCUT2D eigenvalue weighted by molar-refractivity contribution is 5.69. The summed E-state index contributed by atoms with van der Waals surface area (Å²) in [5.41, 5.74) is 1.16. The Morgan fingerprint density at radius 3 is 2.90 bits per heavy atom. The Hall–Kier alpha value is -3.15. The Morgan fingerprint density at radius 1 is 1.34 bits per heavy atom. The molecule has 1 saturated carbocycles. The van der Waals surface area contributed by atoms with Crippen LogP contribution in [0.25, 0.3) is 0 Å². The van der Waals surface area contributed by atoms with Gasteiger partial charge in [0.2, 0.25) is 0 Å². The van der Waals surface area contributed by atoms with E-state index in [9.17, 15) is 4.79 Å². The van der Waals surface area contributed by atoms with Gasteiger partial charge in [-0.3, -0.25) is 5.10 Å². The summed E-state index contributed by atoms with van der Waals surface area (Å²) >= 11 is 0. The van der Waals surface area contributed by atoms with E-state index in [1.807, 2.05) is 17.0 Å². The lowest BCUT2D eigenvalue weighted by Crippen LogP contribution is -2.43. The van der Waals surface area contributed by atoms with Gasteiger partial charge in [0.1, 0.15) is 18.0 Å². The molecule has 4 rings (SSSR count). The smallest absolute Gasteiger partial charge is 0.410 e. The standard InChI is InChI=1S/C20H25N7O2/c1-20(2)6-3-7-27(20)19(28)29-15-5-4-13(8-15)16-9-17(26-25-16)24-18-12-22-14(10-21)11-23-18/h9,11-13,15H,3-8H2,1-2H3,(H2,23,24,25,26)/t13-,15+/m0/s1. The minimum absolute atomic E-state index is 0.0620. The lowest BCUT2D eigenvalue weighted by atomic mass is 10.0. The number of aromatic amines is 1. The van der Waals surface area contributed by atoms with Crippen LogP contribution in [0.1, 0.15) is 63.3 Å². The van der Waals surface area contributed by atoms with E-state index in [1.54, 1.807) is 0 Å². The summed E-state index contributed by atoms with van der Waals surface area (Å²) in [6, 6.07) is 3.88. The number of carbonyl (C=O) groups excluding carboxylic acids is 1. The number of nitrogens with zero attached hydrogens (tertiary/aromatic N) is 5. The molecule has 2 fully saturated rings. The monoisotopic (exact) mass is 395 g/mol. The van der Waals surface area contributed by atoms with Gasteiger partial charge in [0, 0.05) is 29.8 Å². The predicted octanol–water partition coefficient (Wildman–Crippen LogP) is 3.46. The number of nitriles is 1. The minimum atomic E-state index is -0.190. The van der Waals surface area contributed by atoms with Gasteiger partial charge in [-0.2, -0.15) is 10.4 Å². The van der Waals surface area contributed by atoms with Crippen molar-refractivity contribution in [2.45, 2.75) is 63.5 Å². The highest BCUT2D eigenvalue weighted by atomic mass is 16.6. The molecule has 0 radical (unpaired) electrons. The molecule has 0 spiro atoms. The number of H-pyrrole nitrogens is 1. The number of likely N-dealkylation sites (tertiary alicyclic amines) is 1. The van der Waals surface area contributed by atoms with Crippen LogP contribution < -0.4 is 5.32 Å². The summed E-state index contributed by atoms with van der Waals surface area (Å²) in [7, 11) is 0. The maximum atomic E-state index is 12.6. The number of anilines is 2. The summed E-state index contributed by atoms with van der Waals surface area (Å²) in [6.45, 7) is 4.96. The van der Waals surface area contributed by atoms with E-state index < -0.39 is 0 Å². The molecule has 9 nitrogen and oxygen atoms in total. The minimum Gasteiger partial charge on any atom is -0.446 e. The molecule has 2 atom stereocenters.